The Hall–Kier alpha value is -3.74. The molecule has 3 amide bonds. The van der Waals surface area contributed by atoms with Crippen molar-refractivity contribution in [2.75, 3.05) is 11.9 Å². The maximum absolute atomic E-state index is 13.1. The highest BCUT2D eigenvalue weighted by Crippen LogP contribution is 2.36. The Balaban J connectivity index is 1.48. The van der Waals surface area contributed by atoms with Crippen LogP contribution in [0.3, 0.4) is 0 Å². The van der Waals surface area contributed by atoms with Crippen molar-refractivity contribution >= 4 is 29.4 Å². The average molecular weight is 461 g/mol. The summed E-state index contributed by atoms with van der Waals surface area (Å²) in [6.07, 6.45) is 4.90. The van der Waals surface area contributed by atoms with Gasteiger partial charge in [-0.05, 0) is 55.5 Å². The minimum absolute atomic E-state index is 0.128. The first kappa shape index (κ1) is 23.4. The lowest BCUT2D eigenvalue weighted by Gasteiger charge is -2.25. The Labute approximate surface area is 198 Å². The number of allylic oxidation sites excluding steroid dienone is 2. The Morgan fingerprint density at radius 2 is 1.62 bits per heavy atom. The van der Waals surface area contributed by atoms with E-state index in [1.807, 2.05) is 68.5 Å². The maximum Gasteiger partial charge on any atom is 0.330 e. The monoisotopic (exact) mass is 460 g/mol. The number of nitrogens with one attached hydrogen (secondary N) is 1. The number of rotatable bonds is 7. The van der Waals surface area contributed by atoms with E-state index in [1.54, 1.807) is 6.07 Å². The smallest absolute Gasteiger partial charge is 0.330 e. The highest BCUT2D eigenvalue weighted by atomic mass is 16.5. The molecule has 1 fully saturated rings. The number of anilines is 1. The van der Waals surface area contributed by atoms with Gasteiger partial charge in [-0.2, -0.15) is 0 Å². The van der Waals surface area contributed by atoms with Crippen LogP contribution >= 0.6 is 0 Å². The molecule has 7 heteroatoms. The molecule has 2 aromatic carbocycles. The van der Waals surface area contributed by atoms with Gasteiger partial charge in [-0.15, -0.1) is 0 Å². The van der Waals surface area contributed by atoms with Crippen LogP contribution in [0.5, 0.6) is 0 Å². The van der Waals surface area contributed by atoms with Crippen LogP contribution < -0.4 is 5.32 Å². The number of fused-ring (bicyclic) bond motifs is 1. The fourth-order valence-electron chi connectivity index (χ4n) is 4.50. The number of benzene rings is 2. The van der Waals surface area contributed by atoms with E-state index in [9.17, 15) is 19.2 Å². The zero-order valence-electron chi connectivity index (χ0n) is 19.3. The Bertz CT molecular complexity index is 1110. The van der Waals surface area contributed by atoms with Crippen molar-refractivity contribution in [2.24, 2.45) is 11.8 Å². The van der Waals surface area contributed by atoms with Crippen LogP contribution in [-0.2, 0) is 30.3 Å². The van der Waals surface area contributed by atoms with Crippen LogP contribution in [0.25, 0.3) is 0 Å². The van der Waals surface area contributed by atoms with Crippen molar-refractivity contribution < 1.29 is 23.9 Å². The number of carbonyl (C=O) groups excluding carboxylic acids is 4. The van der Waals surface area contributed by atoms with Gasteiger partial charge in [0.1, 0.15) is 6.04 Å². The van der Waals surface area contributed by atoms with E-state index in [-0.39, 0.29) is 18.2 Å². The van der Waals surface area contributed by atoms with Gasteiger partial charge in [-0.25, -0.2) is 4.79 Å². The molecule has 1 heterocycles. The van der Waals surface area contributed by atoms with Gasteiger partial charge >= 0.3 is 5.97 Å². The summed E-state index contributed by atoms with van der Waals surface area (Å²) >= 11 is 0. The summed E-state index contributed by atoms with van der Waals surface area (Å²) in [4.78, 5) is 52.8. The van der Waals surface area contributed by atoms with Gasteiger partial charge in [-0.3, -0.25) is 19.3 Å². The highest BCUT2D eigenvalue weighted by molar-refractivity contribution is 6.08. The van der Waals surface area contributed by atoms with Crippen LogP contribution in [-0.4, -0.2) is 41.2 Å². The third-order valence-electron chi connectivity index (χ3n) is 6.53. The van der Waals surface area contributed by atoms with Gasteiger partial charge < -0.3 is 10.1 Å². The van der Waals surface area contributed by atoms with Gasteiger partial charge in [0.15, 0.2) is 6.61 Å². The fraction of sp³-hybridized carbons (Fsp3) is 0.333. The van der Waals surface area contributed by atoms with Crippen LogP contribution in [0, 0.1) is 25.7 Å². The van der Waals surface area contributed by atoms with E-state index < -0.39 is 36.4 Å². The molecule has 2 aromatic rings. The van der Waals surface area contributed by atoms with E-state index in [1.165, 1.54) is 0 Å². The number of ether oxygens (including phenoxy) is 1. The summed E-state index contributed by atoms with van der Waals surface area (Å²) in [5.74, 6) is -2.86. The third-order valence-corrected chi connectivity index (χ3v) is 6.53. The second-order valence-electron chi connectivity index (χ2n) is 8.86. The molecule has 2 aliphatic rings. The maximum atomic E-state index is 13.1. The molecule has 0 unspecified atom stereocenters. The summed E-state index contributed by atoms with van der Waals surface area (Å²) in [5.41, 5.74) is 3.52. The number of hydrogen-bond acceptors (Lipinski definition) is 5. The highest BCUT2D eigenvalue weighted by Gasteiger charge is 2.51. The lowest BCUT2D eigenvalue weighted by molar-refractivity contribution is -0.159. The average Bonchev–Trinajstić information content (AvgIpc) is 3.09. The quantitative estimate of drug-likeness (QED) is 0.389. The molecule has 7 nitrogen and oxygen atoms in total. The standard InChI is InChI=1S/C27H28N2O5/c1-17-12-13-20(14-18(17)2)28-24(30)16-34-27(33)23(15-19-8-4-3-5-9-19)29-25(31)21-10-6-7-11-22(21)26(29)32/h3-9,12-14,21-23H,10-11,15-16H2,1-2H3,(H,28,30)/t21-,22+,23-/m0/s1. The molecule has 34 heavy (non-hydrogen) atoms. The number of likely N-dealkylation sites (tertiary alicyclic amines) is 1. The van der Waals surface area contributed by atoms with Gasteiger partial charge in [0.25, 0.3) is 5.91 Å². The molecule has 0 aromatic heterocycles. The SMILES string of the molecule is Cc1ccc(NC(=O)COC(=O)[C@H](Cc2ccccc2)N2C(=O)[C@H]3CC=CC[C@H]3C2=O)cc1C. The molecule has 0 radical (unpaired) electrons. The van der Waals surface area contributed by atoms with Crippen molar-refractivity contribution in [3.63, 3.8) is 0 Å². The summed E-state index contributed by atoms with van der Waals surface area (Å²) in [5, 5.41) is 2.71. The molecule has 1 saturated heterocycles. The first-order valence-corrected chi connectivity index (χ1v) is 11.4. The summed E-state index contributed by atoms with van der Waals surface area (Å²) in [6.45, 7) is 3.40. The Morgan fingerprint density at radius 3 is 2.24 bits per heavy atom. The van der Waals surface area contributed by atoms with Gasteiger partial charge in [0, 0.05) is 12.1 Å². The van der Waals surface area contributed by atoms with Crippen LogP contribution in [0.15, 0.2) is 60.7 Å². The second-order valence-corrected chi connectivity index (χ2v) is 8.86. The van der Waals surface area contributed by atoms with Crippen LogP contribution in [0.1, 0.15) is 29.5 Å². The van der Waals surface area contributed by atoms with E-state index in [0.717, 1.165) is 21.6 Å². The second kappa shape index (κ2) is 10.0. The summed E-state index contributed by atoms with van der Waals surface area (Å²) in [7, 11) is 0. The van der Waals surface area contributed by atoms with E-state index >= 15 is 0 Å². The molecule has 1 N–H and O–H groups in total. The Kier molecular flexibility index (Phi) is 6.91. The molecular weight excluding hydrogens is 432 g/mol. The first-order valence-electron chi connectivity index (χ1n) is 11.4. The molecule has 3 atom stereocenters. The van der Waals surface area contributed by atoms with Gasteiger partial charge in [0.2, 0.25) is 11.8 Å². The van der Waals surface area contributed by atoms with Gasteiger partial charge in [0.05, 0.1) is 11.8 Å². The van der Waals surface area contributed by atoms with Crippen molar-refractivity contribution in [1.29, 1.82) is 0 Å². The zero-order chi connectivity index (χ0) is 24.2. The molecule has 1 aliphatic carbocycles. The minimum Gasteiger partial charge on any atom is -0.454 e. The largest absolute Gasteiger partial charge is 0.454 e. The minimum atomic E-state index is -1.12. The van der Waals surface area contributed by atoms with Crippen LogP contribution in [0.2, 0.25) is 0 Å². The first-order chi connectivity index (χ1) is 16.3. The molecular formula is C27H28N2O5. The number of hydrogen-bond donors (Lipinski definition) is 1. The lowest BCUT2D eigenvalue weighted by Crippen LogP contribution is -2.48. The zero-order valence-corrected chi connectivity index (χ0v) is 19.3. The van der Waals surface area contributed by atoms with Crippen molar-refractivity contribution in [1.82, 2.24) is 4.90 Å². The Morgan fingerprint density at radius 1 is 0.971 bits per heavy atom. The van der Waals surface area contributed by atoms with E-state index in [4.69, 9.17) is 4.74 Å². The number of esters is 1. The van der Waals surface area contributed by atoms with Crippen molar-refractivity contribution in [3.05, 3.63) is 77.4 Å². The number of nitrogens with zero attached hydrogens (tertiary/aromatic N) is 1. The molecule has 0 spiro atoms. The third kappa shape index (κ3) is 4.93. The molecule has 0 saturated carbocycles. The van der Waals surface area contributed by atoms with Gasteiger partial charge in [-0.1, -0.05) is 48.6 Å². The predicted molar refractivity (Wildman–Crippen MR) is 127 cm³/mol. The number of imide groups is 1. The van der Waals surface area contributed by atoms with E-state index in [2.05, 4.69) is 5.32 Å². The van der Waals surface area contributed by atoms with E-state index in [0.29, 0.717) is 18.5 Å². The molecule has 1 aliphatic heterocycles. The number of aryl methyl sites for hydroxylation is 2. The summed E-state index contributed by atoms with van der Waals surface area (Å²) in [6, 6.07) is 13.5. The summed E-state index contributed by atoms with van der Waals surface area (Å²) < 4.78 is 5.31. The molecule has 0 bridgehead atoms. The topological polar surface area (TPSA) is 92.8 Å². The van der Waals surface area contributed by atoms with Crippen LogP contribution in [0.4, 0.5) is 5.69 Å². The van der Waals surface area contributed by atoms with Crippen molar-refractivity contribution in [2.45, 2.75) is 39.2 Å². The van der Waals surface area contributed by atoms with Crippen molar-refractivity contribution in [3.8, 4) is 0 Å². The predicted octanol–water partition coefficient (Wildman–Crippen LogP) is 3.35. The lowest BCUT2D eigenvalue weighted by atomic mass is 9.85. The fourth-order valence-corrected chi connectivity index (χ4v) is 4.50. The molecule has 4 rings (SSSR count). The molecule has 176 valence electrons. The number of carbonyl (C=O) groups is 4. The normalized spacial score (nSPS) is 20.1. The number of amides is 3.